The Morgan fingerprint density at radius 3 is 2.41 bits per heavy atom. The van der Waals surface area contributed by atoms with Gasteiger partial charge in [0.15, 0.2) is 0 Å². The number of esters is 1. The minimum absolute atomic E-state index is 0.386. The van der Waals surface area contributed by atoms with Crippen LogP contribution < -0.4 is 11.5 Å². The molecule has 0 saturated heterocycles. The van der Waals surface area contributed by atoms with Crippen LogP contribution in [0.1, 0.15) is 27.0 Å². The fourth-order valence-electron chi connectivity index (χ4n) is 3.01. The van der Waals surface area contributed by atoms with Gasteiger partial charge in [0.25, 0.3) is 0 Å². The number of methoxy groups -OCH3 is 1. The van der Waals surface area contributed by atoms with Gasteiger partial charge in [-0.3, -0.25) is 0 Å². The lowest BCUT2D eigenvalue weighted by Gasteiger charge is -2.13. The summed E-state index contributed by atoms with van der Waals surface area (Å²) in [6, 6.07) is 20.7. The van der Waals surface area contributed by atoms with E-state index in [0.717, 1.165) is 16.7 Å². The van der Waals surface area contributed by atoms with E-state index in [1.165, 1.54) is 7.11 Å². The van der Waals surface area contributed by atoms with Crippen molar-refractivity contribution in [2.75, 3.05) is 18.6 Å². The summed E-state index contributed by atoms with van der Waals surface area (Å²) in [5, 5.41) is 9.27. The van der Waals surface area contributed by atoms with Gasteiger partial charge in [-0.25, -0.2) is 4.79 Å². The summed E-state index contributed by atoms with van der Waals surface area (Å²) in [6.07, 6.45) is 0.446. The average Bonchev–Trinajstić information content (AvgIpc) is 2.71. The van der Waals surface area contributed by atoms with E-state index in [9.17, 15) is 10.1 Å². The predicted molar refractivity (Wildman–Crippen MR) is 106 cm³/mol. The van der Waals surface area contributed by atoms with Crippen LogP contribution >= 0.6 is 0 Å². The van der Waals surface area contributed by atoms with E-state index in [1.807, 2.05) is 42.5 Å². The summed E-state index contributed by atoms with van der Waals surface area (Å²) >= 11 is 0. The summed E-state index contributed by atoms with van der Waals surface area (Å²) in [5.41, 5.74) is 17.3. The quantitative estimate of drug-likeness (QED) is 0.546. The van der Waals surface area contributed by atoms with Crippen molar-refractivity contribution in [3.8, 4) is 17.2 Å². The van der Waals surface area contributed by atoms with E-state index < -0.39 is 5.97 Å². The number of hydrogen-bond acceptors (Lipinski definition) is 5. The topological polar surface area (TPSA) is 102 Å². The van der Waals surface area contributed by atoms with Crippen LogP contribution in [0, 0.1) is 11.3 Å². The first-order chi connectivity index (χ1) is 13.0. The highest BCUT2D eigenvalue weighted by Crippen LogP contribution is 2.29. The largest absolute Gasteiger partial charge is 0.465 e. The van der Waals surface area contributed by atoms with Crippen molar-refractivity contribution >= 4 is 17.3 Å². The maximum atomic E-state index is 12.0. The molecule has 5 heteroatoms. The number of rotatable bonds is 4. The van der Waals surface area contributed by atoms with Crippen LogP contribution in [-0.4, -0.2) is 13.1 Å². The second-order valence-corrected chi connectivity index (χ2v) is 6.12. The molecule has 4 N–H and O–H groups in total. The van der Waals surface area contributed by atoms with Gasteiger partial charge in [0, 0.05) is 6.42 Å². The standard InChI is InChI=1S/C22H19N3O2/c1-27-22(26)18-10-11-20(24)21(25)19(18)12-14-6-8-15(9-7-14)17-5-3-2-4-16(17)13-23/h2-11H,12,24-25H2,1H3. The lowest BCUT2D eigenvalue weighted by molar-refractivity contribution is 0.0599. The molecular formula is C22H19N3O2. The zero-order valence-electron chi connectivity index (χ0n) is 14.9. The molecule has 0 radical (unpaired) electrons. The molecule has 0 heterocycles. The first kappa shape index (κ1) is 18.0. The van der Waals surface area contributed by atoms with Crippen LogP contribution in [0.5, 0.6) is 0 Å². The Morgan fingerprint density at radius 1 is 1.04 bits per heavy atom. The number of hydrogen-bond donors (Lipinski definition) is 2. The molecule has 0 aromatic heterocycles. The molecule has 0 aliphatic heterocycles. The van der Waals surface area contributed by atoms with E-state index in [1.54, 1.807) is 18.2 Å². The average molecular weight is 357 g/mol. The number of nitrogens with two attached hydrogens (primary N) is 2. The molecule has 0 fully saturated rings. The molecule has 5 nitrogen and oxygen atoms in total. The number of benzene rings is 3. The first-order valence-electron chi connectivity index (χ1n) is 8.38. The van der Waals surface area contributed by atoms with Gasteiger partial charge in [0.05, 0.1) is 35.7 Å². The van der Waals surface area contributed by atoms with Crippen molar-refractivity contribution in [1.82, 2.24) is 0 Å². The van der Waals surface area contributed by atoms with Gasteiger partial charge in [-0.15, -0.1) is 0 Å². The molecule has 0 unspecified atom stereocenters. The van der Waals surface area contributed by atoms with Crippen LogP contribution in [0.3, 0.4) is 0 Å². The molecule has 0 amide bonds. The van der Waals surface area contributed by atoms with Crippen LogP contribution in [0.2, 0.25) is 0 Å². The highest BCUT2D eigenvalue weighted by Gasteiger charge is 2.16. The Balaban J connectivity index is 1.95. The van der Waals surface area contributed by atoms with E-state index in [2.05, 4.69) is 6.07 Å². The zero-order chi connectivity index (χ0) is 19.4. The SMILES string of the molecule is COC(=O)c1ccc(N)c(N)c1Cc1ccc(-c2ccccc2C#N)cc1. The molecule has 0 atom stereocenters. The molecule has 134 valence electrons. The van der Waals surface area contributed by atoms with Gasteiger partial charge in [-0.1, -0.05) is 42.5 Å². The van der Waals surface area contributed by atoms with Gasteiger partial charge in [-0.05, 0) is 40.5 Å². The Labute approximate surface area is 157 Å². The van der Waals surface area contributed by atoms with E-state index in [4.69, 9.17) is 16.2 Å². The third kappa shape index (κ3) is 3.60. The summed E-state index contributed by atoms with van der Waals surface area (Å²) < 4.78 is 4.85. The van der Waals surface area contributed by atoms with Crippen LogP contribution in [-0.2, 0) is 11.2 Å². The second kappa shape index (κ2) is 7.63. The number of nitrogen functional groups attached to an aromatic ring is 2. The molecule has 0 aliphatic rings. The van der Waals surface area contributed by atoms with Crippen molar-refractivity contribution < 1.29 is 9.53 Å². The molecule has 0 bridgehead atoms. The Morgan fingerprint density at radius 2 is 1.74 bits per heavy atom. The molecule has 27 heavy (non-hydrogen) atoms. The van der Waals surface area contributed by atoms with E-state index >= 15 is 0 Å². The molecule has 0 spiro atoms. The van der Waals surface area contributed by atoms with Crippen molar-refractivity contribution in [1.29, 1.82) is 5.26 Å². The molecule has 0 saturated carbocycles. The maximum Gasteiger partial charge on any atom is 0.338 e. The number of nitriles is 1. The van der Waals surface area contributed by atoms with Crippen molar-refractivity contribution in [3.05, 3.63) is 82.9 Å². The van der Waals surface area contributed by atoms with Gasteiger partial charge >= 0.3 is 5.97 Å². The van der Waals surface area contributed by atoms with Crippen LogP contribution in [0.15, 0.2) is 60.7 Å². The van der Waals surface area contributed by atoms with Gasteiger partial charge in [0.1, 0.15) is 0 Å². The normalized spacial score (nSPS) is 10.2. The summed E-state index contributed by atoms with van der Waals surface area (Å²) in [7, 11) is 1.33. The third-order valence-electron chi connectivity index (χ3n) is 4.49. The number of nitrogens with zero attached hydrogens (tertiary/aromatic N) is 1. The second-order valence-electron chi connectivity index (χ2n) is 6.12. The van der Waals surface area contributed by atoms with E-state index in [-0.39, 0.29) is 0 Å². The minimum Gasteiger partial charge on any atom is -0.465 e. The highest BCUT2D eigenvalue weighted by atomic mass is 16.5. The van der Waals surface area contributed by atoms with Gasteiger partial charge < -0.3 is 16.2 Å². The Bertz CT molecular complexity index is 1030. The Kier molecular flexibility index (Phi) is 5.09. The lowest BCUT2D eigenvalue weighted by Crippen LogP contribution is -2.10. The maximum absolute atomic E-state index is 12.0. The molecular weight excluding hydrogens is 338 g/mol. The van der Waals surface area contributed by atoms with E-state index in [0.29, 0.717) is 34.5 Å². The predicted octanol–water partition coefficient (Wildman–Crippen LogP) is 3.77. The monoisotopic (exact) mass is 357 g/mol. The fraction of sp³-hybridized carbons (Fsp3) is 0.0909. The number of carbonyl (C=O) groups excluding carboxylic acids is 1. The number of ether oxygens (including phenoxy) is 1. The number of anilines is 2. The van der Waals surface area contributed by atoms with Crippen molar-refractivity contribution in [2.24, 2.45) is 0 Å². The molecule has 3 aromatic rings. The molecule has 3 aromatic carbocycles. The smallest absolute Gasteiger partial charge is 0.338 e. The van der Waals surface area contributed by atoms with Gasteiger partial charge in [0.2, 0.25) is 0 Å². The summed E-state index contributed by atoms with van der Waals surface area (Å²) in [6.45, 7) is 0. The van der Waals surface area contributed by atoms with Crippen LogP contribution in [0.4, 0.5) is 11.4 Å². The highest BCUT2D eigenvalue weighted by molar-refractivity contribution is 5.94. The number of carbonyl (C=O) groups is 1. The molecule has 0 aliphatic carbocycles. The summed E-state index contributed by atoms with van der Waals surface area (Å²) in [5.74, 6) is -0.448. The van der Waals surface area contributed by atoms with Gasteiger partial charge in [-0.2, -0.15) is 5.26 Å². The first-order valence-corrected chi connectivity index (χ1v) is 8.38. The minimum atomic E-state index is -0.448. The zero-order valence-corrected chi connectivity index (χ0v) is 14.9. The molecule has 3 rings (SSSR count). The third-order valence-corrected chi connectivity index (χ3v) is 4.49. The lowest BCUT2D eigenvalue weighted by atomic mass is 9.94. The fourth-order valence-corrected chi connectivity index (χ4v) is 3.01. The van der Waals surface area contributed by atoms with Crippen molar-refractivity contribution in [2.45, 2.75) is 6.42 Å². The Hall–Kier alpha value is -3.78. The summed E-state index contributed by atoms with van der Waals surface area (Å²) in [4.78, 5) is 12.0. The van der Waals surface area contributed by atoms with Crippen molar-refractivity contribution in [3.63, 3.8) is 0 Å². The van der Waals surface area contributed by atoms with Crippen LogP contribution in [0.25, 0.3) is 11.1 Å².